The van der Waals surface area contributed by atoms with E-state index in [1.165, 1.54) is 7.11 Å². The normalized spacial score (nSPS) is 22.1. The van der Waals surface area contributed by atoms with Gasteiger partial charge in [0.05, 0.1) is 12.1 Å². The van der Waals surface area contributed by atoms with Crippen LogP contribution in [0, 0.1) is 0 Å². The maximum absolute atomic E-state index is 11.1. The molecule has 0 aromatic rings. The van der Waals surface area contributed by atoms with E-state index >= 15 is 0 Å². The zero-order valence-electron chi connectivity index (χ0n) is 10.4. The maximum Gasteiger partial charge on any atom is 0.407 e. The molecule has 2 unspecified atom stereocenters. The Balaban J connectivity index is 2.42. The number of rotatable bonds is 5. The number of alkyl carbamates (subject to hydrolysis) is 1. The minimum absolute atomic E-state index is 0.169. The van der Waals surface area contributed by atoms with Crippen LogP contribution in [-0.4, -0.2) is 48.3 Å². The molecule has 0 aliphatic carbocycles. The fraction of sp³-hybridized carbons (Fsp3) is 0.818. The summed E-state index contributed by atoms with van der Waals surface area (Å²) in [5, 5.41) is 2.82. The van der Waals surface area contributed by atoms with Crippen molar-refractivity contribution in [2.24, 2.45) is 5.73 Å². The number of nitrogens with zero attached hydrogens (tertiary/aromatic N) is 1. The van der Waals surface area contributed by atoms with E-state index in [9.17, 15) is 4.79 Å². The summed E-state index contributed by atoms with van der Waals surface area (Å²) in [6, 6.07) is 0.555. The van der Waals surface area contributed by atoms with Crippen LogP contribution in [0.3, 0.4) is 0 Å². The van der Waals surface area contributed by atoms with Crippen LogP contribution >= 0.6 is 12.2 Å². The Morgan fingerprint density at radius 3 is 2.94 bits per heavy atom. The van der Waals surface area contributed by atoms with Crippen molar-refractivity contribution in [3.8, 4) is 0 Å². The van der Waals surface area contributed by atoms with Crippen LogP contribution in [0.1, 0.15) is 26.2 Å². The van der Waals surface area contributed by atoms with Gasteiger partial charge in [0.2, 0.25) is 0 Å². The van der Waals surface area contributed by atoms with Gasteiger partial charge in [0.1, 0.15) is 0 Å². The molecule has 1 aliphatic rings. The van der Waals surface area contributed by atoms with Gasteiger partial charge in [0.25, 0.3) is 0 Å². The van der Waals surface area contributed by atoms with Crippen molar-refractivity contribution in [2.45, 2.75) is 38.3 Å². The highest BCUT2D eigenvalue weighted by atomic mass is 32.1. The maximum atomic E-state index is 11.1. The number of hydrogen-bond donors (Lipinski definition) is 2. The highest BCUT2D eigenvalue weighted by Crippen LogP contribution is 2.17. The molecule has 6 heteroatoms. The van der Waals surface area contributed by atoms with Crippen LogP contribution in [0.25, 0.3) is 0 Å². The highest BCUT2D eigenvalue weighted by Gasteiger charge is 2.28. The van der Waals surface area contributed by atoms with Gasteiger partial charge in [-0.3, -0.25) is 4.90 Å². The summed E-state index contributed by atoms with van der Waals surface area (Å²) in [5.41, 5.74) is 5.59. The lowest BCUT2D eigenvalue weighted by Gasteiger charge is -2.26. The topological polar surface area (TPSA) is 67.6 Å². The second-order valence-electron chi connectivity index (χ2n) is 4.35. The molecule has 2 atom stereocenters. The highest BCUT2D eigenvalue weighted by molar-refractivity contribution is 7.80. The van der Waals surface area contributed by atoms with Gasteiger partial charge in [0.15, 0.2) is 0 Å². The van der Waals surface area contributed by atoms with E-state index in [2.05, 4.69) is 21.9 Å². The molecule has 1 fully saturated rings. The van der Waals surface area contributed by atoms with Gasteiger partial charge in [-0.25, -0.2) is 4.79 Å². The van der Waals surface area contributed by atoms with Gasteiger partial charge in [-0.2, -0.15) is 0 Å². The number of hydrogen-bond acceptors (Lipinski definition) is 4. The zero-order chi connectivity index (χ0) is 12.8. The van der Waals surface area contributed by atoms with Crippen LogP contribution in [0.15, 0.2) is 0 Å². The summed E-state index contributed by atoms with van der Waals surface area (Å²) in [4.78, 5) is 14.0. The van der Waals surface area contributed by atoms with E-state index in [1.54, 1.807) is 0 Å². The second-order valence-corrected chi connectivity index (χ2v) is 4.87. The Morgan fingerprint density at radius 1 is 1.71 bits per heavy atom. The summed E-state index contributed by atoms with van der Waals surface area (Å²) in [7, 11) is 1.38. The Morgan fingerprint density at radius 2 is 2.41 bits per heavy atom. The lowest BCUT2D eigenvalue weighted by molar-refractivity contribution is 0.165. The molecule has 1 saturated heterocycles. The van der Waals surface area contributed by atoms with Gasteiger partial charge in [0, 0.05) is 31.6 Å². The third kappa shape index (κ3) is 4.47. The molecular weight excluding hydrogens is 238 g/mol. The summed E-state index contributed by atoms with van der Waals surface area (Å²) >= 11 is 4.95. The van der Waals surface area contributed by atoms with E-state index < -0.39 is 0 Å². The SMILES string of the molecule is CCC(CC(N)=S)N1CCC(NC(=O)OC)C1. The number of nitrogens with one attached hydrogen (secondary N) is 1. The second kappa shape index (κ2) is 6.76. The average Bonchev–Trinajstić information content (AvgIpc) is 2.73. The van der Waals surface area contributed by atoms with Crippen LogP contribution < -0.4 is 11.1 Å². The number of thiocarbonyl (C=S) groups is 1. The van der Waals surface area contributed by atoms with Crippen molar-refractivity contribution in [2.75, 3.05) is 20.2 Å². The molecule has 0 aromatic heterocycles. The standard InChI is InChI=1S/C11H21N3O2S/c1-3-9(6-10(12)17)14-5-4-8(7-14)13-11(15)16-2/h8-9H,3-7H2,1-2H3,(H2,12,17)(H,13,15). The molecule has 1 rings (SSSR count). The monoisotopic (exact) mass is 259 g/mol. The largest absolute Gasteiger partial charge is 0.453 e. The van der Waals surface area contributed by atoms with Crippen LogP contribution in [-0.2, 0) is 4.74 Å². The molecule has 0 aromatic carbocycles. The van der Waals surface area contributed by atoms with E-state index in [-0.39, 0.29) is 12.1 Å². The first kappa shape index (κ1) is 14.2. The van der Waals surface area contributed by atoms with Crippen LogP contribution in [0.4, 0.5) is 4.79 Å². The molecule has 1 aliphatic heterocycles. The third-order valence-electron chi connectivity index (χ3n) is 3.15. The van der Waals surface area contributed by atoms with Gasteiger partial charge >= 0.3 is 6.09 Å². The van der Waals surface area contributed by atoms with Crippen molar-refractivity contribution in [3.05, 3.63) is 0 Å². The van der Waals surface area contributed by atoms with Crippen molar-refractivity contribution in [3.63, 3.8) is 0 Å². The third-order valence-corrected chi connectivity index (χ3v) is 3.32. The van der Waals surface area contributed by atoms with E-state index in [1.807, 2.05) is 0 Å². The van der Waals surface area contributed by atoms with Crippen LogP contribution in [0.2, 0.25) is 0 Å². The molecule has 1 heterocycles. The Bertz CT molecular complexity index is 286. The van der Waals surface area contributed by atoms with E-state index in [0.29, 0.717) is 11.0 Å². The molecule has 5 nitrogen and oxygen atoms in total. The van der Waals surface area contributed by atoms with Gasteiger partial charge < -0.3 is 15.8 Å². The van der Waals surface area contributed by atoms with E-state index in [4.69, 9.17) is 18.0 Å². The Labute approximate surface area is 108 Å². The smallest absolute Gasteiger partial charge is 0.407 e. The predicted octanol–water partition coefficient (Wildman–Crippen LogP) is 0.871. The number of ether oxygens (including phenoxy) is 1. The number of carbonyl (C=O) groups is 1. The number of likely N-dealkylation sites (tertiary alicyclic amines) is 1. The lowest BCUT2D eigenvalue weighted by atomic mass is 10.1. The van der Waals surface area contributed by atoms with Gasteiger partial charge in [-0.15, -0.1) is 0 Å². The van der Waals surface area contributed by atoms with E-state index in [0.717, 1.165) is 32.4 Å². The van der Waals surface area contributed by atoms with Crippen LogP contribution in [0.5, 0.6) is 0 Å². The molecular formula is C11H21N3O2S. The number of nitrogens with two attached hydrogens (primary N) is 1. The minimum Gasteiger partial charge on any atom is -0.453 e. The zero-order valence-corrected chi connectivity index (χ0v) is 11.3. The summed E-state index contributed by atoms with van der Waals surface area (Å²) in [6.45, 7) is 3.94. The number of amides is 1. The molecule has 3 N–H and O–H groups in total. The van der Waals surface area contributed by atoms with Crippen molar-refractivity contribution in [1.29, 1.82) is 0 Å². The lowest BCUT2D eigenvalue weighted by Crippen LogP contribution is -2.40. The summed E-state index contributed by atoms with van der Waals surface area (Å²) in [5.74, 6) is 0. The van der Waals surface area contributed by atoms with Crippen molar-refractivity contribution in [1.82, 2.24) is 10.2 Å². The molecule has 1 amide bonds. The molecule has 0 spiro atoms. The molecule has 0 bridgehead atoms. The van der Waals surface area contributed by atoms with Gasteiger partial charge in [-0.1, -0.05) is 19.1 Å². The first-order valence-electron chi connectivity index (χ1n) is 5.93. The summed E-state index contributed by atoms with van der Waals surface area (Å²) < 4.78 is 4.59. The molecule has 17 heavy (non-hydrogen) atoms. The minimum atomic E-state index is -0.362. The fourth-order valence-corrected chi connectivity index (χ4v) is 2.42. The Hall–Kier alpha value is -0.880. The molecule has 0 radical (unpaired) electrons. The Kier molecular flexibility index (Phi) is 5.64. The number of carbonyl (C=O) groups excluding carboxylic acids is 1. The first-order valence-corrected chi connectivity index (χ1v) is 6.34. The quantitative estimate of drug-likeness (QED) is 0.717. The fourth-order valence-electron chi connectivity index (χ4n) is 2.23. The predicted molar refractivity (Wildman–Crippen MR) is 71.0 cm³/mol. The molecule has 0 saturated carbocycles. The summed E-state index contributed by atoms with van der Waals surface area (Å²) in [6.07, 6.45) is 2.35. The van der Waals surface area contributed by atoms with Crippen molar-refractivity contribution >= 4 is 23.3 Å². The van der Waals surface area contributed by atoms with Gasteiger partial charge in [-0.05, 0) is 12.8 Å². The average molecular weight is 259 g/mol. The molecule has 98 valence electrons. The van der Waals surface area contributed by atoms with Crippen molar-refractivity contribution < 1.29 is 9.53 Å². The number of methoxy groups -OCH3 is 1. The first-order chi connectivity index (χ1) is 8.06.